The number of ketones is 1. The minimum absolute atomic E-state index is 0.0497. The number of H-pyrrole nitrogens is 1. The van der Waals surface area contributed by atoms with Gasteiger partial charge in [0.15, 0.2) is 5.78 Å². The number of hydrogen-bond donors (Lipinski definition) is 2. The van der Waals surface area contributed by atoms with E-state index in [2.05, 4.69) is 20.4 Å². The van der Waals surface area contributed by atoms with Crippen LogP contribution in [-0.2, 0) is 13.5 Å². The van der Waals surface area contributed by atoms with E-state index in [1.165, 1.54) is 6.92 Å². The Bertz CT molecular complexity index is 984. The van der Waals surface area contributed by atoms with Gasteiger partial charge in [0.25, 0.3) is 5.91 Å². The monoisotopic (exact) mass is 351 g/mol. The molecule has 3 aromatic rings. The summed E-state index contributed by atoms with van der Waals surface area (Å²) in [6.07, 6.45) is 4.17. The number of aromatic amines is 1. The summed E-state index contributed by atoms with van der Waals surface area (Å²) in [7, 11) is 1.83. The van der Waals surface area contributed by atoms with E-state index < -0.39 is 0 Å². The second kappa shape index (κ2) is 6.95. The van der Waals surface area contributed by atoms with E-state index >= 15 is 0 Å². The van der Waals surface area contributed by atoms with Gasteiger partial charge in [0, 0.05) is 30.1 Å². The molecule has 0 fully saturated rings. The van der Waals surface area contributed by atoms with Crippen molar-refractivity contribution in [2.75, 3.05) is 5.32 Å². The fraction of sp³-hybridized carbons (Fsp3) is 0.263. The summed E-state index contributed by atoms with van der Waals surface area (Å²) < 4.78 is 1.70. The van der Waals surface area contributed by atoms with Crippen LogP contribution in [0.5, 0.6) is 0 Å². The van der Waals surface area contributed by atoms with Crippen LogP contribution in [0, 0.1) is 6.92 Å². The highest BCUT2D eigenvalue weighted by Gasteiger charge is 2.22. The summed E-state index contributed by atoms with van der Waals surface area (Å²) >= 11 is 0. The Morgan fingerprint density at radius 1 is 1.31 bits per heavy atom. The molecule has 3 rings (SSSR count). The van der Waals surface area contributed by atoms with Crippen molar-refractivity contribution in [2.24, 2.45) is 7.05 Å². The molecule has 134 valence electrons. The number of aryl methyl sites for hydroxylation is 2. The first-order valence-electron chi connectivity index (χ1n) is 8.40. The third-order valence-corrected chi connectivity index (χ3v) is 4.22. The highest BCUT2D eigenvalue weighted by atomic mass is 16.2. The zero-order chi connectivity index (χ0) is 18.8. The normalized spacial score (nSPS) is 10.8. The third kappa shape index (κ3) is 3.28. The molecule has 0 aliphatic carbocycles. The summed E-state index contributed by atoms with van der Waals surface area (Å²) in [6, 6.07) is 5.41. The van der Waals surface area contributed by atoms with Crippen molar-refractivity contribution in [2.45, 2.75) is 27.2 Å². The number of nitrogens with one attached hydrogen (secondary N) is 2. The fourth-order valence-corrected chi connectivity index (χ4v) is 3.10. The maximum Gasteiger partial charge on any atom is 0.273 e. The van der Waals surface area contributed by atoms with Gasteiger partial charge in [0.1, 0.15) is 11.5 Å². The van der Waals surface area contributed by atoms with E-state index in [1.54, 1.807) is 23.9 Å². The lowest BCUT2D eigenvalue weighted by atomic mass is 10.0. The number of nitrogens with zero attached hydrogens (tertiary/aromatic N) is 3. The Morgan fingerprint density at radius 2 is 2.08 bits per heavy atom. The summed E-state index contributed by atoms with van der Waals surface area (Å²) in [5.41, 5.74) is 4.03. The standard InChI is InChI=1S/C19H21N5O2/c1-5-14-17(12(3)25)11(2)21-18(14)19(26)23-16-8-6-7-15(22-16)13-9-20-24(4)10-13/h6-10,21H,5H2,1-4H3,(H,22,23,26). The molecule has 0 radical (unpaired) electrons. The molecule has 0 saturated carbocycles. The van der Waals surface area contributed by atoms with Crippen LogP contribution >= 0.6 is 0 Å². The SMILES string of the molecule is CCc1c(C(=O)Nc2cccc(-c3cnn(C)c3)n2)[nH]c(C)c1C(C)=O. The van der Waals surface area contributed by atoms with Crippen molar-refractivity contribution in [3.8, 4) is 11.3 Å². The van der Waals surface area contributed by atoms with Gasteiger partial charge in [0.05, 0.1) is 11.9 Å². The number of hydrogen-bond acceptors (Lipinski definition) is 4. The van der Waals surface area contributed by atoms with Gasteiger partial charge in [-0.25, -0.2) is 4.98 Å². The molecule has 0 aromatic carbocycles. The van der Waals surface area contributed by atoms with Crippen LogP contribution < -0.4 is 5.32 Å². The van der Waals surface area contributed by atoms with Crippen molar-refractivity contribution in [3.63, 3.8) is 0 Å². The Morgan fingerprint density at radius 3 is 2.69 bits per heavy atom. The number of aromatic nitrogens is 4. The van der Waals surface area contributed by atoms with Crippen LogP contribution in [0.25, 0.3) is 11.3 Å². The van der Waals surface area contributed by atoms with Crippen LogP contribution in [0.15, 0.2) is 30.6 Å². The van der Waals surface area contributed by atoms with Crippen molar-refractivity contribution in [1.29, 1.82) is 0 Å². The van der Waals surface area contributed by atoms with E-state index in [1.807, 2.05) is 32.3 Å². The van der Waals surface area contributed by atoms with Crippen molar-refractivity contribution < 1.29 is 9.59 Å². The molecular weight excluding hydrogens is 330 g/mol. The maximum atomic E-state index is 12.7. The first-order valence-corrected chi connectivity index (χ1v) is 8.40. The molecule has 0 unspecified atom stereocenters. The second-order valence-electron chi connectivity index (χ2n) is 6.15. The zero-order valence-electron chi connectivity index (χ0n) is 15.3. The molecule has 0 aliphatic rings. The molecule has 0 saturated heterocycles. The molecule has 2 N–H and O–H groups in total. The lowest BCUT2D eigenvalue weighted by Gasteiger charge is -2.07. The quantitative estimate of drug-likeness (QED) is 0.691. The van der Waals surface area contributed by atoms with Crippen LogP contribution in [0.3, 0.4) is 0 Å². The van der Waals surface area contributed by atoms with E-state index in [-0.39, 0.29) is 11.7 Å². The molecule has 0 aliphatic heterocycles. The van der Waals surface area contributed by atoms with E-state index in [4.69, 9.17) is 0 Å². The molecule has 0 bridgehead atoms. The zero-order valence-corrected chi connectivity index (χ0v) is 15.3. The Labute approximate surface area is 151 Å². The second-order valence-corrected chi connectivity index (χ2v) is 6.15. The minimum atomic E-state index is -0.312. The molecule has 26 heavy (non-hydrogen) atoms. The molecule has 0 spiro atoms. The van der Waals surface area contributed by atoms with E-state index in [0.29, 0.717) is 29.2 Å². The number of amides is 1. The van der Waals surface area contributed by atoms with Crippen molar-refractivity contribution >= 4 is 17.5 Å². The van der Waals surface area contributed by atoms with Crippen LogP contribution in [0.2, 0.25) is 0 Å². The molecule has 7 nitrogen and oxygen atoms in total. The van der Waals surface area contributed by atoms with Gasteiger partial charge in [-0.2, -0.15) is 5.10 Å². The third-order valence-electron chi connectivity index (χ3n) is 4.22. The van der Waals surface area contributed by atoms with Crippen LogP contribution in [-0.4, -0.2) is 31.4 Å². The fourth-order valence-electron chi connectivity index (χ4n) is 3.10. The van der Waals surface area contributed by atoms with Gasteiger partial charge < -0.3 is 10.3 Å². The lowest BCUT2D eigenvalue weighted by Crippen LogP contribution is -2.15. The highest BCUT2D eigenvalue weighted by molar-refractivity contribution is 6.07. The van der Waals surface area contributed by atoms with Gasteiger partial charge in [0.2, 0.25) is 0 Å². The molecular formula is C19H21N5O2. The number of rotatable bonds is 5. The molecule has 7 heteroatoms. The Hall–Kier alpha value is -3.22. The predicted molar refractivity (Wildman–Crippen MR) is 99.3 cm³/mol. The minimum Gasteiger partial charge on any atom is -0.354 e. The average Bonchev–Trinajstić information content (AvgIpc) is 3.18. The van der Waals surface area contributed by atoms with Gasteiger partial charge in [-0.1, -0.05) is 13.0 Å². The number of pyridine rings is 1. The average molecular weight is 351 g/mol. The Kier molecular flexibility index (Phi) is 4.71. The summed E-state index contributed by atoms with van der Waals surface area (Å²) in [4.78, 5) is 32.1. The number of anilines is 1. The van der Waals surface area contributed by atoms with Gasteiger partial charge in [-0.15, -0.1) is 0 Å². The van der Waals surface area contributed by atoms with E-state index in [9.17, 15) is 9.59 Å². The summed E-state index contributed by atoms with van der Waals surface area (Å²) in [5.74, 6) is 0.0784. The van der Waals surface area contributed by atoms with Crippen molar-refractivity contribution in [1.82, 2.24) is 19.7 Å². The smallest absolute Gasteiger partial charge is 0.273 e. The highest BCUT2D eigenvalue weighted by Crippen LogP contribution is 2.22. The van der Waals surface area contributed by atoms with Gasteiger partial charge in [-0.3, -0.25) is 14.3 Å². The predicted octanol–water partition coefficient (Wildman–Crippen LogP) is 3.14. The number of Topliss-reactive ketones (excluding diaryl/α,β-unsaturated/α-hetero) is 1. The Balaban J connectivity index is 1.89. The molecule has 0 atom stereocenters. The van der Waals surface area contributed by atoms with Crippen LogP contribution in [0.4, 0.5) is 5.82 Å². The topological polar surface area (TPSA) is 92.7 Å². The maximum absolute atomic E-state index is 12.7. The first-order chi connectivity index (χ1) is 12.4. The molecule has 1 amide bonds. The number of carbonyl (C=O) groups is 2. The summed E-state index contributed by atoms with van der Waals surface area (Å²) in [5, 5.41) is 6.94. The van der Waals surface area contributed by atoms with Crippen LogP contribution in [0.1, 0.15) is 46.0 Å². The van der Waals surface area contributed by atoms with Gasteiger partial charge >= 0.3 is 0 Å². The largest absolute Gasteiger partial charge is 0.354 e. The van der Waals surface area contributed by atoms with E-state index in [0.717, 1.165) is 16.8 Å². The molecule has 3 aromatic heterocycles. The molecule has 3 heterocycles. The van der Waals surface area contributed by atoms with Gasteiger partial charge in [-0.05, 0) is 38.0 Å². The summed E-state index contributed by atoms with van der Waals surface area (Å²) in [6.45, 7) is 5.23. The first kappa shape index (κ1) is 17.6. The number of carbonyl (C=O) groups excluding carboxylic acids is 2. The lowest BCUT2D eigenvalue weighted by molar-refractivity contribution is 0.101. The van der Waals surface area contributed by atoms with Crippen molar-refractivity contribution in [3.05, 3.63) is 53.1 Å².